The molecule has 35 heavy (non-hydrogen) atoms. The van der Waals surface area contributed by atoms with Crippen molar-refractivity contribution >= 4 is 17.8 Å². The minimum absolute atomic E-state index is 0.0632. The van der Waals surface area contributed by atoms with Crippen molar-refractivity contribution in [3.63, 3.8) is 0 Å². The highest BCUT2D eigenvalue weighted by molar-refractivity contribution is 5.98. The van der Waals surface area contributed by atoms with Gasteiger partial charge in [-0.2, -0.15) is 5.10 Å². The smallest absolute Gasteiger partial charge is 0.318 e. The molecule has 7 heteroatoms. The lowest BCUT2D eigenvalue weighted by atomic mass is 10.1. The van der Waals surface area contributed by atoms with E-state index in [1.54, 1.807) is 9.58 Å². The molecule has 2 aromatic carbocycles. The molecule has 0 aliphatic rings. The first kappa shape index (κ1) is 26.0. The Morgan fingerprint density at radius 3 is 2.23 bits per heavy atom. The van der Waals surface area contributed by atoms with Crippen LogP contribution in [0.5, 0.6) is 0 Å². The van der Waals surface area contributed by atoms with Crippen molar-refractivity contribution in [1.29, 1.82) is 0 Å². The number of nitrogens with zero attached hydrogens (tertiary/aromatic N) is 3. The van der Waals surface area contributed by atoms with Crippen LogP contribution >= 0.6 is 0 Å². The van der Waals surface area contributed by atoms with Gasteiger partial charge >= 0.3 is 6.03 Å². The van der Waals surface area contributed by atoms with Crippen molar-refractivity contribution in [2.24, 2.45) is 5.92 Å². The van der Waals surface area contributed by atoms with Gasteiger partial charge in [-0.1, -0.05) is 62.4 Å². The summed E-state index contributed by atoms with van der Waals surface area (Å²) in [5.41, 5.74) is 4.15. The molecule has 3 rings (SSSR count). The van der Waals surface area contributed by atoms with Crippen molar-refractivity contribution in [3.8, 4) is 16.8 Å². The van der Waals surface area contributed by atoms with E-state index < -0.39 is 5.54 Å². The highest BCUT2D eigenvalue weighted by Crippen LogP contribution is 2.34. The van der Waals surface area contributed by atoms with Crippen LogP contribution in [0, 0.1) is 19.8 Å². The molecule has 0 bridgehead atoms. The van der Waals surface area contributed by atoms with Gasteiger partial charge in [-0.15, -0.1) is 0 Å². The Bertz CT molecular complexity index is 1180. The number of hydrogen-bond acceptors (Lipinski definition) is 3. The van der Waals surface area contributed by atoms with E-state index in [0.29, 0.717) is 12.4 Å². The van der Waals surface area contributed by atoms with Crippen molar-refractivity contribution in [3.05, 3.63) is 65.9 Å². The zero-order chi connectivity index (χ0) is 25.8. The van der Waals surface area contributed by atoms with E-state index in [0.717, 1.165) is 28.1 Å². The first-order chi connectivity index (χ1) is 16.5. The Labute approximate surface area is 208 Å². The zero-order valence-electron chi connectivity index (χ0n) is 21.8. The second kappa shape index (κ2) is 10.8. The third-order valence-corrected chi connectivity index (χ3v) is 5.41. The molecule has 0 unspecified atom stereocenters. The maximum atomic E-state index is 13.4. The first-order valence-electron chi connectivity index (χ1n) is 12.0. The fourth-order valence-electron chi connectivity index (χ4n) is 3.97. The zero-order valence-corrected chi connectivity index (χ0v) is 21.8. The number of aromatic nitrogens is 2. The van der Waals surface area contributed by atoms with E-state index in [2.05, 4.69) is 10.6 Å². The quantitative estimate of drug-likeness (QED) is 0.469. The molecule has 1 heterocycles. The third kappa shape index (κ3) is 6.72. The van der Waals surface area contributed by atoms with Crippen molar-refractivity contribution in [1.82, 2.24) is 20.0 Å². The number of anilines is 1. The molecule has 0 saturated carbocycles. The number of carbonyl (C=O) groups is 2. The molecule has 0 atom stereocenters. The van der Waals surface area contributed by atoms with Gasteiger partial charge in [0, 0.05) is 17.6 Å². The predicted octanol–water partition coefficient (Wildman–Crippen LogP) is 5.56. The van der Waals surface area contributed by atoms with E-state index in [-0.39, 0.29) is 24.4 Å². The number of amides is 3. The van der Waals surface area contributed by atoms with E-state index in [9.17, 15) is 9.59 Å². The Kier molecular flexibility index (Phi) is 7.99. The summed E-state index contributed by atoms with van der Waals surface area (Å²) in [5, 5.41) is 10.8. The van der Waals surface area contributed by atoms with E-state index in [1.807, 2.05) is 103 Å². The number of benzene rings is 2. The lowest BCUT2D eigenvalue weighted by molar-refractivity contribution is -0.116. The molecule has 0 radical (unpaired) electrons. The minimum atomic E-state index is -0.399. The number of carbonyl (C=O) groups excluding carboxylic acids is 2. The maximum Gasteiger partial charge on any atom is 0.318 e. The number of aryl methyl sites for hydroxylation is 2. The summed E-state index contributed by atoms with van der Waals surface area (Å²) in [4.78, 5) is 27.9. The third-order valence-electron chi connectivity index (χ3n) is 5.41. The van der Waals surface area contributed by atoms with Gasteiger partial charge in [0.05, 0.1) is 11.4 Å². The predicted molar refractivity (Wildman–Crippen MR) is 142 cm³/mol. The first-order valence-corrected chi connectivity index (χ1v) is 12.0. The van der Waals surface area contributed by atoms with E-state index in [1.165, 1.54) is 0 Å². The van der Waals surface area contributed by atoms with Gasteiger partial charge < -0.3 is 15.5 Å². The molecule has 3 amide bonds. The van der Waals surface area contributed by atoms with Crippen molar-refractivity contribution in [2.45, 2.75) is 54.0 Å². The second-order valence-electron chi connectivity index (χ2n) is 10.4. The number of nitrogens with one attached hydrogen (secondary N) is 2. The molecule has 0 aliphatic heterocycles. The lowest BCUT2D eigenvalue weighted by Gasteiger charge is -2.29. The SMILES string of the molecule is Cc1ccccc1-n1nc(C)c(-c2ccccc2)c1NC(=O)CN(CC(C)C)C(=O)NC(C)(C)C. The normalized spacial score (nSPS) is 11.4. The van der Waals surface area contributed by atoms with Crippen LogP contribution in [0.15, 0.2) is 54.6 Å². The summed E-state index contributed by atoms with van der Waals surface area (Å²) in [6.07, 6.45) is 0. The summed E-state index contributed by atoms with van der Waals surface area (Å²) in [7, 11) is 0. The minimum Gasteiger partial charge on any atom is -0.333 e. The summed E-state index contributed by atoms with van der Waals surface area (Å²) in [5.74, 6) is 0.531. The maximum absolute atomic E-state index is 13.4. The molecule has 0 aliphatic carbocycles. The van der Waals surface area contributed by atoms with Crippen LogP contribution in [0.2, 0.25) is 0 Å². The van der Waals surface area contributed by atoms with E-state index in [4.69, 9.17) is 5.10 Å². The van der Waals surface area contributed by atoms with Gasteiger partial charge in [0.25, 0.3) is 0 Å². The highest BCUT2D eigenvalue weighted by Gasteiger charge is 2.25. The van der Waals surface area contributed by atoms with Crippen LogP contribution in [-0.4, -0.2) is 45.2 Å². The van der Waals surface area contributed by atoms with Gasteiger partial charge in [0.2, 0.25) is 5.91 Å². The van der Waals surface area contributed by atoms with Crippen molar-refractivity contribution in [2.75, 3.05) is 18.4 Å². The van der Waals surface area contributed by atoms with Crippen LogP contribution < -0.4 is 10.6 Å². The Morgan fingerprint density at radius 2 is 1.63 bits per heavy atom. The summed E-state index contributed by atoms with van der Waals surface area (Å²) < 4.78 is 1.78. The molecule has 0 saturated heterocycles. The Hall–Kier alpha value is -3.61. The van der Waals surface area contributed by atoms with Crippen LogP contribution in [0.1, 0.15) is 45.9 Å². The molecule has 0 fully saturated rings. The number of para-hydroxylation sites is 1. The number of urea groups is 1. The summed E-state index contributed by atoms with van der Waals surface area (Å²) >= 11 is 0. The number of hydrogen-bond donors (Lipinski definition) is 2. The largest absolute Gasteiger partial charge is 0.333 e. The molecular weight excluding hydrogens is 438 g/mol. The average molecular weight is 476 g/mol. The second-order valence-corrected chi connectivity index (χ2v) is 10.4. The van der Waals surface area contributed by atoms with Crippen LogP contribution in [0.4, 0.5) is 10.6 Å². The fourth-order valence-corrected chi connectivity index (χ4v) is 3.97. The molecule has 2 N–H and O–H groups in total. The van der Waals surface area contributed by atoms with E-state index >= 15 is 0 Å². The lowest BCUT2D eigenvalue weighted by Crippen LogP contribution is -2.51. The number of rotatable bonds is 7. The molecule has 7 nitrogen and oxygen atoms in total. The monoisotopic (exact) mass is 475 g/mol. The van der Waals surface area contributed by atoms with Crippen molar-refractivity contribution < 1.29 is 9.59 Å². The molecule has 0 spiro atoms. The standard InChI is InChI=1S/C28H37N5O2/c1-19(2)17-32(27(35)30-28(5,6)7)18-24(34)29-26-25(22-14-9-8-10-15-22)21(4)31-33(26)23-16-12-11-13-20(23)3/h8-16,19H,17-18H2,1-7H3,(H,29,34)(H,30,35). The van der Waals surface area contributed by atoms with Crippen LogP contribution in [0.3, 0.4) is 0 Å². The van der Waals surface area contributed by atoms with Gasteiger partial charge in [-0.3, -0.25) is 4.79 Å². The molecule has 3 aromatic rings. The topological polar surface area (TPSA) is 79.3 Å². The van der Waals surface area contributed by atoms with Crippen LogP contribution in [-0.2, 0) is 4.79 Å². The molecular formula is C28H37N5O2. The Balaban J connectivity index is 1.99. The fraction of sp³-hybridized carbons (Fsp3) is 0.393. The van der Waals surface area contributed by atoms with Gasteiger partial charge in [0.1, 0.15) is 12.4 Å². The van der Waals surface area contributed by atoms with Gasteiger partial charge in [-0.05, 0) is 57.7 Å². The molecule has 1 aromatic heterocycles. The van der Waals surface area contributed by atoms with Crippen LogP contribution in [0.25, 0.3) is 16.8 Å². The molecule has 186 valence electrons. The Morgan fingerprint density at radius 1 is 1.00 bits per heavy atom. The van der Waals surface area contributed by atoms with Gasteiger partial charge in [-0.25, -0.2) is 9.48 Å². The van der Waals surface area contributed by atoms with Gasteiger partial charge in [0.15, 0.2) is 0 Å². The summed E-state index contributed by atoms with van der Waals surface area (Å²) in [6.45, 7) is 14.2. The average Bonchev–Trinajstić information content (AvgIpc) is 3.08. The highest BCUT2D eigenvalue weighted by atomic mass is 16.2. The summed E-state index contributed by atoms with van der Waals surface area (Å²) in [6, 6.07) is 17.6.